The lowest BCUT2D eigenvalue weighted by atomic mass is 9.91. The summed E-state index contributed by atoms with van der Waals surface area (Å²) < 4.78 is 14.1. The molecule has 2 fully saturated rings. The van der Waals surface area contributed by atoms with E-state index in [1.165, 1.54) is 19.3 Å². The topological polar surface area (TPSA) is 20.3 Å². The average molecular weight is 261 g/mol. The maximum absolute atomic E-state index is 14.1. The molecule has 3 heteroatoms. The van der Waals surface area contributed by atoms with Gasteiger partial charge in [0, 0.05) is 12.6 Å². The number of benzene rings is 1. The molecule has 0 radical (unpaired) electrons. The van der Waals surface area contributed by atoms with Crippen LogP contribution in [-0.2, 0) is 0 Å². The number of carbonyl (C=O) groups excluding carboxylic acids is 1. The van der Waals surface area contributed by atoms with Crippen LogP contribution in [-0.4, -0.2) is 23.4 Å². The Bertz CT molecular complexity index is 500. The monoisotopic (exact) mass is 261 g/mol. The molecule has 0 bridgehead atoms. The van der Waals surface area contributed by atoms with Gasteiger partial charge < -0.3 is 4.90 Å². The molecule has 1 amide bonds. The summed E-state index contributed by atoms with van der Waals surface area (Å²) in [7, 11) is 0. The quantitative estimate of drug-likeness (QED) is 0.757. The van der Waals surface area contributed by atoms with Crippen LogP contribution in [0.2, 0.25) is 0 Å². The molecule has 102 valence electrons. The van der Waals surface area contributed by atoms with E-state index in [4.69, 9.17) is 0 Å². The minimum absolute atomic E-state index is 0.113. The van der Waals surface area contributed by atoms with Crippen molar-refractivity contribution in [3.8, 4) is 0 Å². The van der Waals surface area contributed by atoms with E-state index in [1.807, 2.05) is 4.90 Å². The van der Waals surface area contributed by atoms with Gasteiger partial charge in [0.15, 0.2) is 0 Å². The van der Waals surface area contributed by atoms with Gasteiger partial charge in [-0.25, -0.2) is 4.39 Å². The minimum atomic E-state index is -0.354. The van der Waals surface area contributed by atoms with Crippen LogP contribution >= 0.6 is 0 Å². The summed E-state index contributed by atoms with van der Waals surface area (Å²) in [5, 5.41) is 0. The third-order valence-electron chi connectivity index (χ3n) is 4.68. The first kappa shape index (κ1) is 12.6. The molecule has 0 spiro atoms. The third kappa shape index (κ3) is 2.15. The van der Waals surface area contributed by atoms with Crippen LogP contribution in [0.3, 0.4) is 0 Å². The molecular formula is C16H20FNO. The van der Waals surface area contributed by atoms with E-state index in [2.05, 4.69) is 0 Å². The molecule has 0 aromatic heterocycles. The van der Waals surface area contributed by atoms with E-state index < -0.39 is 0 Å². The Morgan fingerprint density at radius 1 is 1.26 bits per heavy atom. The summed E-state index contributed by atoms with van der Waals surface area (Å²) in [6.45, 7) is 2.49. The number of carbonyl (C=O) groups is 1. The number of hydrogen-bond acceptors (Lipinski definition) is 1. The highest BCUT2D eigenvalue weighted by Crippen LogP contribution is 2.37. The molecule has 1 aliphatic heterocycles. The van der Waals surface area contributed by atoms with Gasteiger partial charge in [-0.1, -0.05) is 18.6 Å². The molecule has 1 saturated heterocycles. The van der Waals surface area contributed by atoms with Gasteiger partial charge in [-0.05, 0) is 50.2 Å². The van der Waals surface area contributed by atoms with E-state index in [9.17, 15) is 9.18 Å². The van der Waals surface area contributed by atoms with Gasteiger partial charge in [-0.3, -0.25) is 4.79 Å². The first-order valence-corrected chi connectivity index (χ1v) is 7.24. The van der Waals surface area contributed by atoms with E-state index in [0.29, 0.717) is 17.5 Å². The standard InChI is InChI=1S/C16H20FNO/c1-11-5-2-8-13(15(11)17)16(19)18-10-4-7-12-6-3-9-14(12)18/h2,5,8,12,14H,3-4,6-7,9-10H2,1H3. The van der Waals surface area contributed by atoms with Crippen LogP contribution in [0, 0.1) is 18.7 Å². The highest BCUT2D eigenvalue weighted by Gasteiger charge is 2.38. The summed E-state index contributed by atoms with van der Waals surface area (Å²) in [5.41, 5.74) is 0.790. The minimum Gasteiger partial charge on any atom is -0.335 e. The zero-order chi connectivity index (χ0) is 13.4. The van der Waals surface area contributed by atoms with Crippen LogP contribution in [0.15, 0.2) is 18.2 Å². The van der Waals surface area contributed by atoms with Crippen molar-refractivity contribution in [2.75, 3.05) is 6.54 Å². The molecule has 2 unspecified atom stereocenters. The van der Waals surface area contributed by atoms with Crippen molar-refractivity contribution in [3.63, 3.8) is 0 Å². The first-order chi connectivity index (χ1) is 9.18. The SMILES string of the molecule is Cc1cccc(C(=O)N2CCCC3CCCC32)c1F. The number of amides is 1. The normalized spacial score (nSPS) is 26.3. The Labute approximate surface area is 113 Å². The Morgan fingerprint density at radius 3 is 2.89 bits per heavy atom. The lowest BCUT2D eigenvalue weighted by Gasteiger charge is -2.38. The molecule has 19 heavy (non-hydrogen) atoms. The number of hydrogen-bond donors (Lipinski definition) is 0. The maximum Gasteiger partial charge on any atom is 0.257 e. The second kappa shape index (κ2) is 4.95. The molecule has 2 aliphatic rings. The molecule has 1 aliphatic carbocycles. The van der Waals surface area contributed by atoms with E-state index >= 15 is 0 Å². The fourth-order valence-electron chi connectivity index (χ4n) is 3.67. The molecular weight excluding hydrogens is 241 g/mol. The molecule has 3 rings (SSSR count). The first-order valence-electron chi connectivity index (χ1n) is 7.24. The van der Waals surface area contributed by atoms with E-state index in [1.54, 1.807) is 25.1 Å². The van der Waals surface area contributed by atoms with Crippen LogP contribution in [0.4, 0.5) is 4.39 Å². The van der Waals surface area contributed by atoms with Crippen molar-refractivity contribution in [3.05, 3.63) is 35.1 Å². The summed E-state index contributed by atoms with van der Waals surface area (Å²) in [6.07, 6.45) is 5.80. The van der Waals surface area contributed by atoms with Crippen LogP contribution in [0.5, 0.6) is 0 Å². The molecule has 1 saturated carbocycles. The summed E-state index contributed by atoms with van der Waals surface area (Å²) >= 11 is 0. The molecule has 0 N–H and O–H groups in total. The largest absolute Gasteiger partial charge is 0.335 e. The molecule has 2 atom stereocenters. The Morgan fingerprint density at radius 2 is 2.05 bits per heavy atom. The van der Waals surface area contributed by atoms with E-state index in [-0.39, 0.29) is 17.3 Å². The van der Waals surface area contributed by atoms with Gasteiger partial charge in [0.25, 0.3) is 5.91 Å². The van der Waals surface area contributed by atoms with Crippen molar-refractivity contribution in [2.24, 2.45) is 5.92 Å². The fourth-order valence-corrected chi connectivity index (χ4v) is 3.67. The number of likely N-dealkylation sites (tertiary alicyclic amines) is 1. The number of piperidine rings is 1. The molecule has 2 nitrogen and oxygen atoms in total. The predicted octanol–water partition coefficient (Wildman–Crippen LogP) is 3.54. The van der Waals surface area contributed by atoms with Crippen LogP contribution in [0.1, 0.15) is 48.0 Å². The van der Waals surface area contributed by atoms with Crippen LogP contribution < -0.4 is 0 Å². The van der Waals surface area contributed by atoms with Crippen molar-refractivity contribution in [1.29, 1.82) is 0 Å². The van der Waals surface area contributed by atoms with Gasteiger partial charge in [0.05, 0.1) is 5.56 Å². The second-order valence-corrected chi connectivity index (χ2v) is 5.84. The zero-order valence-corrected chi connectivity index (χ0v) is 11.4. The van der Waals surface area contributed by atoms with Crippen LogP contribution in [0.25, 0.3) is 0 Å². The lowest BCUT2D eigenvalue weighted by molar-refractivity contribution is 0.0543. The Kier molecular flexibility index (Phi) is 3.29. The smallest absolute Gasteiger partial charge is 0.257 e. The molecule has 1 heterocycles. The number of rotatable bonds is 1. The number of halogens is 1. The Balaban J connectivity index is 1.88. The third-order valence-corrected chi connectivity index (χ3v) is 4.68. The molecule has 1 aromatic rings. The van der Waals surface area contributed by atoms with Gasteiger partial charge in [0.1, 0.15) is 5.82 Å². The fraction of sp³-hybridized carbons (Fsp3) is 0.562. The van der Waals surface area contributed by atoms with Gasteiger partial charge in [-0.15, -0.1) is 0 Å². The number of fused-ring (bicyclic) bond motifs is 1. The van der Waals surface area contributed by atoms with Crippen molar-refractivity contribution in [2.45, 2.75) is 45.1 Å². The van der Waals surface area contributed by atoms with Gasteiger partial charge >= 0.3 is 0 Å². The Hall–Kier alpha value is -1.38. The number of aryl methyl sites for hydroxylation is 1. The highest BCUT2D eigenvalue weighted by atomic mass is 19.1. The number of nitrogens with zero attached hydrogens (tertiary/aromatic N) is 1. The summed E-state index contributed by atoms with van der Waals surface area (Å²) in [5.74, 6) is 0.177. The highest BCUT2D eigenvalue weighted by molar-refractivity contribution is 5.95. The second-order valence-electron chi connectivity index (χ2n) is 5.84. The van der Waals surface area contributed by atoms with Gasteiger partial charge in [0.2, 0.25) is 0 Å². The molecule has 1 aromatic carbocycles. The average Bonchev–Trinajstić information content (AvgIpc) is 2.89. The summed E-state index contributed by atoms with van der Waals surface area (Å²) in [4.78, 5) is 14.5. The van der Waals surface area contributed by atoms with E-state index in [0.717, 1.165) is 19.4 Å². The zero-order valence-electron chi connectivity index (χ0n) is 11.4. The van der Waals surface area contributed by atoms with Crippen molar-refractivity contribution >= 4 is 5.91 Å². The van der Waals surface area contributed by atoms with Crippen molar-refractivity contribution < 1.29 is 9.18 Å². The van der Waals surface area contributed by atoms with Crippen molar-refractivity contribution in [1.82, 2.24) is 4.90 Å². The predicted molar refractivity (Wildman–Crippen MR) is 72.5 cm³/mol. The van der Waals surface area contributed by atoms with Gasteiger partial charge in [-0.2, -0.15) is 0 Å². The maximum atomic E-state index is 14.1. The lowest BCUT2D eigenvalue weighted by Crippen LogP contribution is -2.46. The summed E-state index contributed by atoms with van der Waals surface area (Å²) in [6, 6.07) is 5.44.